The topological polar surface area (TPSA) is 66.8 Å². The molecule has 152 valence electrons. The zero-order valence-corrected chi connectivity index (χ0v) is 16.5. The largest absolute Gasteiger partial charge is 0.439 e. The summed E-state index contributed by atoms with van der Waals surface area (Å²) in [5.41, 5.74) is 3.49. The van der Waals surface area contributed by atoms with Crippen molar-refractivity contribution in [1.29, 1.82) is 0 Å². The summed E-state index contributed by atoms with van der Waals surface area (Å²) in [6.45, 7) is 3.21. The first-order chi connectivity index (χ1) is 14.6. The number of anilines is 1. The molecule has 0 saturated carbocycles. The normalized spacial score (nSPS) is 13.1. The highest BCUT2D eigenvalue weighted by atomic mass is 19.1. The molecule has 0 saturated heterocycles. The first-order valence-corrected chi connectivity index (χ1v) is 9.65. The van der Waals surface area contributed by atoms with E-state index in [4.69, 9.17) is 4.74 Å². The zero-order valence-electron chi connectivity index (χ0n) is 16.5. The number of ether oxygens (including phenoxy) is 1. The number of pyridine rings is 1. The molecule has 0 atom stereocenters. The predicted octanol–water partition coefficient (Wildman–Crippen LogP) is 4.53. The Morgan fingerprint density at radius 1 is 1.17 bits per heavy atom. The van der Waals surface area contributed by atoms with Gasteiger partial charge in [0.25, 0.3) is 5.91 Å². The van der Waals surface area contributed by atoms with Crippen LogP contribution in [-0.4, -0.2) is 23.1 Å². The molecule has 4 rings (SSSR count). The van der Waals surface area contributed by atoms with Gasteiger partial charge in [0, 0.05) is 49.1 Å². The minimum Gasteiger partial charge on any atom is -0.439 e. The number of carbonyl (C=O) groups is 1. The molecule has 0 fully saturated rings. The molecule has 1 N–H and O–H groups in total. The van der Waals surface area contributed by atoms with Gasteiger partial charge in [-0.2, -0.15) is 5.10 Å². The second kappa shape index (κ2) is 8.73. The Kier molecular flexibility index (Phi) is 5.70. The van der Waals surface area contributed by atoms with E-state index in [-0.39, 0.29) is 11.7 Å². The number of nitrogens with one attached hydrogen (secondary N) is 1. The molecular formula is C23H21FN4O2. The van der Waals surface area contributed by atoms with Crippen LogP contribution in [0.4, 0.5) is 10.1 Å². The Labute approximate surface area is 174 Å². The van der Waals surface area contributed by atoms with E-state index in [1.54, 1.807) is 42.6 Å². The zero-order chi connectivity index (χ0) is 20.9. The van der Waals surface area contributed by atoms with Crippen LogP contribution >= 0.6 is 0 Å². The summed E-state index contributed by atoms with van der Waals surface area (Å²) in [4.78, 5) is 16.6. The fourth-order valence-electron chi connectivity index (χ4n) is 3.06. The van der Waals surface area contributed by atoms with Crippen molar-refractivity contribution in [2.24, 2.45) is 5.10 Å². The summed E-state index contributed by atoms with van der Waals surface area (Å²) in [6, 6.07) is 16.7. The maximum atomic E-state index is 13.2. The first kappa shape index (κ1) is 19.6. The van der Waals surface area contributed by atoms with E-state index in [2.05, 4.69) is 15.4 Å². The lowest BCUT2D eigenvalue weighted by molar-refractivity contribution is 0.0951. The Bertz CT molecular complexity index is 1070. The number of carbonyl (C=O) groups excluding carboxylic acids is 1. The van der Waals surface area contributed by atoms with E-state index >= 15 is 0 Å². The van der Waals surface area contributed by atoms with Crippen molar-refractivity contribution < 1.29 is 13.9 Å². The number of nitrogens with zero attached hydrogens (tertiary/aromatic N) is 3. The van der Waals surface area contributed by atoms with E-state index in [1.165, 1.54) is 12.1 Å². The quantitative estimate of drug-likeness (QED) is 0.656. The minimum absolute atomic E-state index is 0.164. The molecular weight excluding hydrogens is 383 g/mol. The van der Waals surface area contributed by atoms with Gasteiger partial charge in [-0.3, -0.25) is 9.80 Å². The number of hydrazone groups is 1. The van der Waals surface area contributed by atoms with Crippen LogP contribution in [0, 0.1) is 5.82 Å². The van der Waals surface area contributed by atoms with Crippen molar-refractivity contribution in [3.05, 3.63) is 83.8 Å². The fourth-order valence-corrected chi connectivity index (χ4v) is 3.06. The maximum absolute atomic E-state index is 13.2. The molecule has 0 spiro atoms. The average molecular weight is 404 g/mol. The van der Waals surface area contributed by atoms with Crippen molar-refractivity contribution in [3.63, 3.8) is 0 Å². The Balaban J connectivity index is 1.31. The van der Waals surface area contributed by atoms with Crippen LogP contribution in [0.25, 0.3) is 0 Å². The molecule has 1 aliphatic rings. The van der Waals surface area contributed by atoms with E-state index in [1.807, 2.05) is 24.1 Å². The highest BCUT2D eigenvalue weighted by molar-refractivity contribution is 5.94. The van der Waals surface area contributed by atoms with Gasteiger partial charge in [0.2, 0.25) is 5.88 Å². The summed E-state index contributed by atoms with van der Waals surface area (Å²) < 4.78 is 18.7. The first-order valence-electron chi connectivity index (χ1n) is 9.65. The van der Waals surface area contributed by atoms with Gasteiger partial charge >= 0.3 is 0 Å². The van der Waals surface area contributed by atoms with Crippen LogP contribution in [0.5, 0.6) is 11.6 Å². The number of aromatic nitrogens is 1. The third kappa shape index (κ3) is 4.81. The predicted molar refractivity (Wildman–Crippen MR) is 113 cm³/mol. The monoisotopic (exact) mass is 404 g/mol. The standard InChI is InChI=1S/C23H21FN4O2/c1-16-11-12-28(27-16)20-8-6-18(7-9-20)23(29)26-15-17-5-10-22(25-14-17)30-21-4-2-3-19(24)13-21/h2-10,13-14H,11-12,15H2,1H3,(H,26,29). The Morgan fingerprint density at radius 3 is 2.67 bits per heavy atom. The lowest BCUT2D eigenvalue weighted by Gasteiger charge is -2.14. The van der Waals surface area contributed by atoms with Gasteiger partial charge in [0.15, 0.2) is 0 Å². The highest BCUT2D eigenvalue weighted by Gasteiger charge is 2.13. The second-order valence-electron chi connectivity index (χ2n) is 7.00. The lowest BCUT2D eigenvalue weighted by atomic mass is 10.2. The van der Waals surface area contributed by atoms with Gasteiger partial charge < -0.3 is 10.1 Å². The van der Waals surface area contributed by atoms with Crippen molar-refractivity contribution in [1.82, 2.24) is 10.3 Å². The van der Waals surface area contributed by atoms with Crippen molar-refractivity contribution in [3.8, 4) is 11.6 Å². The van der Waals surface area contributed by atoms with Gasteiger partial charge in [0.1, 0.15) is 11.6 Å². The van der Waals surface area contributed by atoms with Gasteiger partial charge in [-0.05, 0) is 48.9 Å². The fraction of sp³-hybridized carbons (Fsp3) is 0.174. The number of hydrogen-bond donors (Lipinski definition) is 1. The van der Waals surface area contributed by atoms with Crippen molar-refractivity contribution >= 4 is 17.3 Å². The molecule has 0 bridgehead atoms. The average Bonchev–Trinajstić information content (AvgIpc) is 3.19. The van der Waals surface area contributed by atoms with Crippen molar-refractivity contribution in [2.45, 2.75) is 19.9 Å². The second-order valence-corrected chi connectivity index (χ2v) is 7.00. The number of rotatable bonds is 6. The maximum Gasteiger partial charge on any atom is 0.251 e. The van der Waals surface area contributed by atoms with Gasteiger partial charge in [-0.15, -0.1) is 0 Å². The molecule has 0 unspecified atom stereocenters. The van der Waals surface area contributed by atoms with E-state index in [9.17, 15) is 9.18 Å². The molecule has 30 heavy (non-hydrogen) atoms. The summed E-state index contributed by atoms with van der Waals surface area (Å²) in [5.74, 6) is 0.193. The molecule has 0 radical (unpaired) electrons. The van der Waals surface area contributed by atoms with Crippen LogP contribution in [0.3, 0.4) is 0 Å². The van der Waals surface area contributed by atoms with Crippen LogP contribution in [0.1, 0.15) is 29.3 Å². The van der Waals surface area contributed by atoms with Crippen LogP contribution in [0.15, 0.2) is 72.0 Å². The van der Waals surface area contributed by atoms with Gasteiger partial charge in [-0.25, -0.2) is 9.37 Å². The van der Waals surface area contributed by atoms with E-state index in [0.29, 0.717) is 23.7 Å². The molecule has 2 aromatic carbocycles. The Morgan fingerprint density at radius 2 is 2.00 bits per heavy atom. The van der Waals surface area contributed by atoms with E-state index < -0.39 is 0 Å². The highest BCUT2D eigenvalue weighted by Crippen LogP contribution is 2.21. The third-order valence-electron chi connectivity index (χ3n) is 4.67. The smallest absolute Gasteiger partial charge is 0.251 e. The molecule has 1 amide bonds. The van der Waals surface area contributed by atoms with Crippen LogP contribution in [0.2, 0.25) is 0 Å². The summed E-state index contributed by atoms with van der Waals surface area (Å²) >= 11 is 0. The molecule has 6 nitrogen and oxygen atoms in total. The van der Waals surface area contributed by atoms with Crippen molar-refractivity contribution in [2.75, 3.05) is 11.6 Å². The number of benzene rings is 2. The van der Waals surface area contributed by atoms with Crippen LogP contribution < -0.4 is 15.1 Å². The SMILES string of the molecule is CC1=NN(c2ccc(C(=O)NCc3ccc(Oc4cccc(F)c4)nc3)cc2)CC1. The molecule has 1 aromatic heterocycles. The number of hydrogen-bond acceptors (Lipinski definition) is 5. The summed E-state index contributed by atoms with van der Waals surface area (Å²) in [6.07, 6.45) is 2.58. The Hall–Kier alpha value is -3.74. The van der Waals surface area contributed by atoms with Gasteiger partial charge in [0.05, 0.1) is 5.69 Å². The molecule has 7 heteroatoms. The molecule has 2 heterocycles. The summed E-state index contributed by atoms with van der Waals surface area (Å²) in [5, 5.41) is 9.28. The molecule has 1 aliphatic heterocycles. The molecule has 3 aromatic rings. The third-order valence-corrected chi connectivity index (χ3v) is 4.67. The van der Waals surface area contributed by atoms with Crippen LogP contribution in [-0.2, 0) is 6.54 Å². The lowest BCUT2D eigenvalue weighted by Crippen LogP contribution is -2.23. The number of halogens is 1. The van der Waals surface area contributed by atoms with E-state index in [0.717, 1.165) is 29.9 Å². The minimum atomic E-state index is -0.372. The van der Waals surface area contributed by atoms with Gasteiger partial charge in [-0.1, -0.05) is 12.1 Å². The molecule has 0 aliphatic carbocycles. The summed E-state index contributed by atoms with van der Waals surface area (Å²) in [7, 11) is 0. The number of amides is 1.